The predicted molar refractivity (Wildman–Crippen MR) is 147 cm³/mol. The molecule has 2 aromatic carbocycles. The highest BCUT2D eigenvalue weighted by Crippen LogP contribution is 2.47. The molecule has 2 heterocycles. The fourth-order valence-electron chi connectivity index (χ4n) is 4.83. The Morgan fingerprint density at radius 2 is 2.03 bits per heavy atom. The fourth-order valence-corrected chi connectivity index (χ4v) is 6.60. The first kappa shape index (κ1) is 25.7. The van der Waals surface area contributed by atoms with Gasteiger partial charge in [-0.25, -0.2) is 0 Å². The van der Waals surface area contributed by atoms with E-state index in [4.69, 9.17) is 10.5 Å². The summed E-state index contributed by atoms with van der Waals surface area (Å²) < 4.78 is 5.74. The lowest BCUT2D eigenvalue weighted by Gasteiger charge is -2.38. The second kappa shape index (κ2) is 10.8. The van der Waals surface area contributed by atoms with Gasteiger partial charge >= 0.3 is 0 Å². The summed E-state index contributed by atoms with van der Waals surface area (Å²) in [5.41, 5.74) is 10.8. The van der Waals surface area contributed by atoms with Gasteiger partial charge in [-0.3, -0.25) is 14.5 Å². The maximum absolute atomic E-state index is 13.3. The number of nitriles is 1. The number of rotatable bonds is 7. The minimum atomic E-state index is -0.511. The highest BCUT2D eigenvalue weighted by molar-refractivity contribution is 8.01. The highest BCUT2D eigenvalue weighted by Gasteiger charge is 2.41. The molecule has 1 unspecified atom stereocenters. The predicted octanol–water partition coefficient (Wildman–Crippen LogP) is 5.13. The summed E-state index contributed by atoms with van der Waals surface area (Å²) in [6.07, 6.45) is 1.76. The minimum Gasteiger partial charge on any atom is -0.497 e. The molecule has 2 N–H and O–H groups in total. The Balaban J connectivity index is 1.45. The molecule has 0 saturated heterocycles. The molecule has 1 aliphatic carbocycles. The van der Waals surface area contributed by atoms with Gasteiger partial charge in [0.05, 0.1) is 30.4 Å². The third-order valence-electron chi connectivity index (χ3n) is 6.61. The molecular weight excluding hydrogens is 518 g/mol. The van der Waals surface area contributed by atoms with Crippen LogP contribution >= 0.6 is 23.1 Å². The number of aromatic nitrogens is 2. The number of Topliss-reactive ketones (excluding diaryl/α,β-unsaturated/α-hetero) is 2. The van der Waals surface area contributed by atoms with Crippen LogP contribution in [0.1, 0.15) is 46.7 Å². The molecule has 10 heteroatoms. The lowest BCUT2D eigenvalue weighted by molar-refractivity contribution is -0.116. The summed E-state index contributed by atoms with van der Waals surface area (Å²) >= 11 is 2.57. The lowest BCUT2D eigenvalue weighted by Crippen LogP contribution is -2.38. The zero-order chi connectivity index (χ0) is 26.8. The van der Waals surface area contributed by atoms with Gasteiger partial charge in [-0.15, -0.1) is 10.2 Å². The molecule has 0 amide bonds. The number of aryl methyl sites for hydroxylation is 1. The second-order valence-corrected chi connectivity index (χ2v) is 11.2. The summed E-state index contributed by atoms with van der Waals surface area (Å²) in [6, 6.07) is 17.1. The third-order valence-corrected chi connectivity index (χ3v) is 8.66. The van der Waals surface area contributed by atoms with Gasteiger partial charge in [-0.1, -0.05) is 52.9 Å². The first-order chi connectivity index (χ1) is 18.4. The van der Waals surface area contributed by atoms with E-state index >= 15 is 0 Å². The van der Waals surface area contributed by atoms with E-state index < -0.39 is 5.92 Å². The lowest BCUT2D eigenvalue weighted by atomic mass is 9.75. The SMILES string of the molecule is COc1ccc(C(=O)CSc2nnc(N3C(N)=C(C#N)C(c4cccc(C)c4)C4=C3CCCC4=O)s2)cc1. The van der Waals surface area contributed by atoms with Crippen LogP contribution in [0, 0.1) is 18.3 Å². The number of anilines is 1. The van der Waals surface area contributed by atoms with E-state index in [0.717, 1.165) is 16.8 Å². The van der Waals surface area contributed by atoms with Gasteiger partial charge in [0.1, 0.15) is 11.6 Å². The average molecular weight is 544 g/mol. The Hall–Kier alpha value is -3.94. The standard InChI is InChI=1S/C28H25N5O3S2/c1-16-5-3-6-18(13-16)24-20(14-29)26(30)33(21-7-4-8-22(34)25(21)24)27-31-32-28(38-27)37-15-23(35)17-9-11-19(36-2)12-10-17/h3,5-6,9-13,24H,4,7-8,15,30H2,1-2H3. The molecule has 3 aromatic rings. The van der Waals surface area contributed by atoms with Gasteiger partial charge in [0, 0.05) is 23.3 Å². The number of ether oxygens (including phenoxy) is 1. The number of allylic oxidation sites excluding steroid dienone is 3. The van der Waals surface area contributed by atoms with Crippen LogP contribution in [-0.4, -0.2) is 34.6 Å². The van der Waals surface area contributed by atoms with Crippen LogP contribution in [-0.2, 0) is 4.79 Å². The van der Waals surface area contributed by atoms with Gasteiger partial charge in [-0.2, -0.15) is 5.26 Å². The molecule has 0 bridgehead atoms. The molecule has 38 heavy (non-hydrogen) atoms. The summed E-state index contributed by atoms with van der Waals surface area (Å²) in [4.78, 5) is 27.6. The summed E-state index contributed by atoms with van der Waals surface area (Å²) in [6.45, 7) is 1.98. The van der Waals surface area contributed by atoms with E-state index in [0.29, 0.717) is 51.2 Å². The minimum absolute atomic E-state index is 0.0206. The highest BCUT2D eigenvalue weighted by atomic mass is 32.2. The number of nitrogens with two attached hydrogens (primary N) is 1. The Bertz CT molecular complexity index is 1520. The molecule has 1 aliphatic heterocycles. The van der Waals surface area contributed by atoms with Crippen LogP contribution in [0.4, 0.5) is 5.13 Å². The van der Waals surface area contributed by atoms with Crippen LogP contribution in [0.2, 0.25) is 0 Å². The van der Waals surface area contributed by atoms with Crippen molar-refractivity contribution in [3.63, 3.8) is 0 Å². The Morgan fingerprint density at radius 1 is 1.24 bits per heavy atom. The van der Waals surface area contributed by atoms with Crippen molar-refractivity contribution in [3.8, 4) is 11.8 Å². The molecule has 0 fully saturated rings. The molecule has 0 radical (unpaired) electrons. The smallest absolute Gasteiger partial charge is 0.219 e. The number of carbonyl (C=O) groups is 2. The number of benzene rings is 2. The maximum Gasteiger partial charge on any atom is 0.219 e. The van der Waals surface area contributed by atoms with Crippen LogP contribution in [0.3, 0.4) is 0 Å². The van der Waals surface area contributed by atoms with Gasteiger partial charge in [-0.05, 0) is 49.6 Å². The number of carbonyl (C=O) groups excluding carboxylic acids is 2. The van der Waals surface area contributed by atoms with Crippen molar-refractivity contribution in [1.82, 2.24) is 10.2 Å². The largest absolute Gasteiger partial charge is 0.497 e. The van der Waals surface area contributed by atoms with Crippen LogP contribution in [0.25, 0.3) is 0 Å². The fraction of sp³-hybridized carbons (Fsp3) is 0.250. The third kappa shape index (κ3) is 4.83. The van der Waals surface area contributed by atoms with E-state index in [-0.39, 0.29) is 23.1 Å². The molecule has 192 valence electrons. The zero-order valence-electron chi connectivity index (χ0n) is 20.9. The first-order valence-electron chi connectivity index (χ1n) is 12.1. The number of thioether (sulfide) groups is 1. The molecule has 8 nitrogen and oxygen atoms in total. The van der Waals surface area contributed by atoms with E-state index in [1.165, 1.54) is 23.1 Å². The van der Waals surface area contributed by atoms with Crippen LogP contribution < -0.4 is 15.4 Å². The van der Waals surface area contributed by atoms with Crippen molar-refractivity contribution in [2.75, 3.05) is 17.8 Å². The van der Waals surface area contributed by atoms with E-state index in [2.05, 4.69) is 16.3 Å². The molecule has 1 aromatic heterocycles. The Morgan fingerprint density at radius 3 is 2.74 bits per heavy atom. The molecule has 0 spiro atoms. The van der Waals surface area contributed by atoms with Crippen LogP contribution in [0.5, 0.6) is 5.75 Å². The van der Waals surface area contributed by atoms with Gasteiger partial charge in [0.15, 0.2) is 15.9 Å². The van der Waals surface area contributed by atoms with Crippen molar-refractivity contribution in [2.24, 2.45) is 5.73 Å². The molecule has 2 aliphatic rings. The number of ketones is 2. The van der Waals surface area contributed by atoms with Crippen molar-refractivity contribution in [3.05, 3.63) is 87.9 Å². The van der Waals surface area contributed by atoms with E-state index in [9.17, 15) is 14.9 Å². The quantitative estimate of drug-likeness (QED) is 0.319. The Kier molecular flexibility index (Phi) is 7.31. The summed E-state index contributed by atoms with van der Waals surface area (Å²) in [5.74, 6) is 0.607. The normalized spacial score (nSPS) is 17.3. The number of methoxy groups -OCH3 is 1. The number of hydrogen-bond donors (Lipinski definition) is 1. The molecule has 5 rings (SSSR count). The van der Waals surface area contributed by atoms with Crippen molar-refractivity contribution in [2.45, 2.75) is 36.4 Å². The monoisotopic (exact) mass is 543 g/mol. The number of hydrogen-bond acceptors (Lipinski definition) is 10. The second-order valence-electron chi connectivity index (χ2n) is 9.02. The van der Waals surface area contributed by atoms with Gasteiger partial charge in [0.2, 0.25) is 5.13 Å². The van der Waals surface area contributed by atoms with Gasteiger partial charge < -0.3 is 10.5 Å². The Labute approximate surface area is 228 Å². The molecule has 1 atom stereocenters. The topological polar surface area (TPSA) is 122 Å². The van der Waals surface area contributed by atoms with Crippen LogP contribution in [0.15, 0.2) is 75.5 Å². The maximum atomic E-state index is 13.3. The first-order valence-corrected chi connectivity index (χ1v) is 13.9. The zero-order valence-corrected chi connectivity index (χ0v) is 22.6. The van der Waals surface area contributed by atoms with Gasteiger partial charge in [0.25, 0.3) is 0 Å². The van der Waals surface area contributed by atoms with E-state index in [1.807, 2.05) is 31.2 Å². The van der Waals surface area contributed by atoms with E-state index in [1.54, 1.807) is 36.3 Å². The average Bonchev–Trinajstić information content (AvgIpc) is 3.39. The summed E-state index contributed by atoms with van der Waals surface area (Å²) in [5, 5.41) is 19.2. The molecule has 0 saturated carbocycles. The van der Waals surface area contributed by atoms with Crippen molar-refractivity contribution >= 4 is 39.8 Å². The van der Waals surface area contributed by atoms with Crippen molar-refractivity contribution < 1.29 is 14.3 Å². The summed E-state index contributed by atoms with van der Waals surface area (Å²) in [7, 11) is 1.58. The molecular formula is C28H25N5O3S2. The van der Waals surface area contributed by atoms with Crippen molar-refractivity contribution in [1.29, 1.82) is 5.26 Å². The number of nitrogens with zero attached hydrogens (tertiary/aromatic N) is 4.